The summed E-state index contributed by atoms with van der Waals surface area (Å²) in [5.41, 5.74) is 2.45. The van der Waals surface area contributed by atoms with Crippen LogP contribution in [0.2, 0.25) is 0 Å². The van der Waals surface area contributed by atoms with Crippen molar-refractivity contribution in [2.24, 2.45) is 0 Å². The minimum absolute atomic E-state index is 0.480. The van der Waals surface area contributed by atoms with E-state index < -0.39 is 0 Å². The third-order valence-corrected chi connectivity index (χ3v) is 3.17. The lowest BCUT2D eigenvalue weighted by atomic mass is 10.1. The summed E-state index contributed by atoms with van der Waals surface area (Å²) in [7, 11) is 0. The van der Waals surface area contributed by atoms with E-state index in [9.17, 15) is 0 Å². The smallest absolute Gasteiger partial charge is 0.129 e. The second-order valence-corrected chi connectivity index (χ2v) is 5.59. The highest BCUT2D eigenvalue weighted by Gasteiger charge is 2.09. The van der Waals surface area contributed by atoms with Crippen LogP contribution in [0.5, 0.6) is 0 Å². The molecule has 0 aliphatic rings. The zero-order valence-electron chi connectivity index (χ0n) is 13.7. The van der Waals surface area contributed by atoms with Crippen molar-refractivity contribution in [2.45, 2.75) is 46.2 Å². The third-order valence-electron chi connectivity index (χ3n) is 3.17. The van der Waals surface area contributed by atoms with Crippen molar-refractivity contribution in [2.75, 3.05) is 18.0 Å². The molecule has 0 aromatic carbocycles. The molecule has 0 bridgehead atoms. The number of nitrogens with one attached hydrogen (secondary N) is 1. The summed E-state index contributed by atoms with van der Waals surface area (Å²) >= 11 is 0. The van der Waals surface area contributed by atoms with Crippen molar-refractivity contribution in [1.82, 2.24) is 10.3 Å². The van der Waals surface area contributed by atoms with Crippen LogP contribution in [0, 0.1) is 0 Å². The van der Waals surface area contributed by atoms with Gasteiger partial charge >= 0.3 is 0 Å². The van der Waals surface area contributed by atoms with Crippen LogP contribution in [0.25, 0.3) is 0 Å². The number of aromatic nitrogens is 1. The lowest BCUT2D eigenvalue weighted by Crippen LogP contribution is -2.26. The molecule has 0 unspecified atom stereocenters. The Morgan fingerprint density at radius 2 is 1.90 bits per heavy atom. The Balaban J connectivity index is 3.03. The van der Waals surface area contributed by atoms with Gasteiger partial charge in [0.15, 0.2) is 0 Å². The maximum absolute atomic E-state index is 4.79. The molecule has 3 heteroatoms. The molecule has 1 heterocycles. The summed E-state index contributed by atoms with van der Waals surface area (Å²) in [5.74, 6) is 1.02. The molecule has 0 fully saturated rings. The summed E-state index contributed by atoms with van der Waals surface area (Å²) in [6, 6.07) is 4.86. The van der Waals surface area contributed by atoms with E-state index in [0.717, 1.165) is 44.0 Å². The third kappa shape index (κ3) is 6.13. The molecule has 21 heavy (non-hydrogen) atoms. The molecule has 0 aliphatic heterocycles. The average Bonchev–Trinajstić information content (AvgIpc) is 2.45. The average molecular weight is 287 g/mol. The molecular formula is C18H29N3. The molecule has 116 valence electrons. The normalized spacial score (nSPS) is 10.7. The van der Waals surface area contributed by atoms with Gasteiger partial charge in [-0.25, -0.2) is 4.98 Å². The second-order valence-electron chi connectivity index (χ2n) is 5.59. The van der Waals surface area contributed by atoms with Crippen molar-refractivity contribution in [3.8, 4) is 0 Å². The van der Waals surface area contributed by atoms with Crippen molar-refractivity contribution in [1.29, 1.82) is 0 Å². The lowest BCUT2D eigenvalue weighted by molar-refractivity contribution is 0.588. The van der Waals surface area contributed by atoms with E-state index in [1.807, 2.05) is 12.2 Å². The van der Waals surface area contributed by atoms with E-state index in [-0.39, 0.29) is 0 Å². The maximum Gasteiger partial charge on any atom is 0.129 e. The number of anilines is 1. The van der Waals surface area contributed by atoms with E-state index >= 15 is 0 Å². The standard InChI is InChI=1S/C18H29N3/c1-6-9-17-12-16(14-19-15(4)5)13-18(20-17)21(10-7-2)11-8-3/h7-8,12-13,15,19H,2-3,6,9-11,14H2,1,4-5H3. The summed E-state index contributed by atoms with van der Waals surface area (Å²) in [6.07, 6.45) is 5.93. The Morgan fingerprint density at radius 3 is 2.43 bits per heavy atom. The summed E-state index contributed by atoms with van der Waals surface area (Å²) in [5, 5.41) is 3.47. The van der Waals surface area contributed by atoms with Gasteiger partial charge in [0.1, 0.15) is 5.82 Å². The molecule has 1 aromatic heterocycles. The van der Waals surface area contributed by atoms with Gasteiger partial charge in [0.25, 0.3) is 0 Å². The van der Waals surface area contributed by atoms with Gasteiger partial charge < -0.3 is 10.2 Å². The summed E-state index contributed by atoms with van der Waals surface area (Å²) in [6.45, 7) is 16.6. The molecule has 0 saturated carbocycles. The van der Waals surface area contributed by atoms with Crippen molar-refractivity contribution in [3.05, 3.63) is 48.7 Å². The highest BCUT2D eigenvalue weighted by atomic mass is 15.2. The first-order valence-corrected chi connectivity index (χ1v) is 7.80. The van der Waals surface area contributed by atoms with Crippen molar-refractivity contribution in [3.63, 3.8) is 0 Å². The van der Waals surface area contributed by atoms with Gasteiger partial charge in [0.2, 0.25) is 0 Å². The monoisotopic (exact) mass is 287 g/mol. The topological polar surface area (TPSA) is 28.2 Å². The van der Waals surface area contributed by atoms with Crippen molar-refractivity contribution < 1.29 is 0 Å². The summed E-state index contributed by atoms with van der Waals surface area (Å²) in [4.78, 5) is 6.98. The van der Waals surface area contributed by atoms with Crippen LogP contribution in [0.3, 0.4) is 0 Å². The van der Waals surface area contributed by atoms with Crippen LogP contribution in [0.4, 0.5) is 5.82 Å². The van der Waals surface area contributed by atoms with E-state index in [2.05, 4.69) is 56.3 Å². The molecule has 1 aromatic rings. The van der Waals surface area contributed by atoms with Gasteiger partial charge in [0.05, 0.1) is 0 Å². The highest BCUT2D eigenvalue weighted by molar-refractivity contribution is 5.44. The fourth-order valence-electron chi connectivity index (χ4n) is 2.18. The van der Waals surface area contributed by atoms with Gasteiger partial charge in [-0.2, -0.15) is 0 Å². The molecule has 0 atom stereocenters. The first-order chi connectivity index (χ1) is 10.1. The second kappa shape index (κ2) is 9.35. The SMILES string of the molecule is C=CCN(CC=C)c1cc(CNC(C)C)cc(CCC)n1. The Bertz CT molecular complexity index is 442. The number of aryl methyl sites for hydroxylation is 1. The molecular weight excluding hydrogens is 258 g/mol. The maximum atomic E-state index is 4.79. The minimum atomic E-state index is 0.480. The Labute approximate surface area is 129 Å². The van der Waals surface area contributed by atoms with Crippen molar-refractivity contribution >= 4 is 5.82 Å². The first-order valence-electron chi connectivity index (χ1n) is 7.80. The fourth-order valence-corrected chi connectivity index (χ4v) is 2.18. The minimum Gasteiger partial charge on any atom is -0.349 e. The van der Waals surface area contributed by atoms with Gasteiger partial charge in [-0.15, -0.1) is 13.2 Å². The zero-order valence-corrected chi connectivity index (χ0v) is 13.7. The largest absolute Gasteiger partial charge is 0.349 e. The van der Waals surface area contributed by atoms with Crippen LogP contribution in [-0.2, 0) is 13.0 Å². The molecule has 0 aliphatic carbocycles. The number of nitrogens with zero attached hydrogens (tertiary/aromatic N) is 2. The molecule has 0 radical (unpaired) electrons. The molecule has 1 N–H and O–H groups in total. The van der Waals surface area contributed by atoms with Crippen LogP contribution >= 0.6 is 0 Å². The fraction of sp³-hybridized carbons (Fsp3) is 0.500. The number of hydrogen-bond acceptors (Lipinski definition) is 3. The molecule has 3 nitrogen and oxygen atoms in total. The van der Waals surface area contributed by atoms with E-state index in [0.29, 0.717) is 6.04 Å². The van der Waals surface area contributed by atoms with Crippen LogP contribution < -0.4 is 10.2 Å². The van der Waals surface area contributed by atoms with Gasteiger partial charge in [-0.1, -0.05) is 39.3 Å². The van der Waals surface area contributed by atoms with E-state index in [1.165, 1.54) is 5.56 Å². The lowest BCUT2D eigenvalue weighted by Gasteiger charge is -2.22. The van der Waals surface area contributed by atoms with Crippen LogP contribution in [0.1, 0.15) is 38.4 Å². The first kappa shape index (κ1) is 17.4. The molecule has 0 spiro atoms. The van der Waals surface area contributed by atoms with Gasteiger partial charge in [-0.3, -0.25) is 0 Å². The molecule has 0 amide bonds. The van der Waals surface area contributed by atoms with Crippen LogP contribution in [-0.4, -0.2) is 24.1 Å². The number of rotatable bonds is 10. The predicted molar refractivity (Wildman–Crippen MR) is 92.8 cm³/mol. The summed E-state index contributed by atoms with van der Waals surface area (Å²) < 4.78 is 0. The van der Waals surface area contributed by atoms with E-state index in [4.69, 9.17) is 4.98 Å². The number of pyridine rings is 1. The van der Waals surface area contributed by atoms with Crippen LogP contribution in [0.15, 0.2) is 37.4 Å². The van der Waals surface area contributed by atoms with E-state index in [1.54, 1.807) is 0 Å². The Hall–Kier alpha value is -1.61. The zero-order chi connectivity index (χ0) is 15.7. The molecule has 1 rings (SSSR count). The Kier molecular flexibility index (Phi) is 7.76. The molecule has 0 saturated heterocycles. The Morgan fingerprint density at radius 1 is 1.24 bits per heavy atom. The van der Waals surface area contributed by atoms with Gasteiger partial charge in [-0.05, 0) is 24.1 Å². The quantitative estimate of drug-likeness (QED) is 0.665. The highest BCUT2D eigenvalue weighted by Crippen LogP contribution is 2.17. The van der Waals surface area contributed by atoms with Gasteiger partial charge in [0, 0.05) is 31.4 Å². The predicted octanol–water partition coefficient (Wildman–Crippen LogP) is 3.71. The number of hydrogen-bond donors (Lipinski definition) is 1.